The Morgan fingerprint density at radius 3 is 2.41 bits per heavy atom. The number of alkyl halides is 3. The molecule has 1 aliphatic heterocycles. The zero-order chi connectivity index (χ0) is 24.6. The highest BCUT2D eigenvalue weighted by Crippen LogP contribution is 2.34. The third-order valence-corrected chi connectivity index (χ3v) is 5.60. The number of pyridine rings is 1. The van der Waals surface area contributed by atoms with Crippen molar-refractivity contribution in [2.75, 3.05) is 11.9 Å². The van der Waals surface area contributed by atoms with Crippen LogP contribution in [0.2, 0.25) is 0 Å². The third kappa shape index (κ3) is 4.17. The van der Waals surface area contributed by atoms with Crippen molar-refractivity contribution in [1.29, 1.82) is 5.26 Å². The molecule has 2 aromatic heterocycles. The van der Waals surface area contributed by atoms with Gasteiger partial charge in [-0.15, -0.1) is 0 Å². The highest BCUT2D eigenvalue weighted by molar-refractivity contribution is 6.00. The van der Waals surface area contributed by atoms with Crippen molar-refractivity contribution in [3.63, 3.8) is 0 Å². The minimum Gasteiger partial charge on any atom is -0.366 e. The number of nitriles is 1. The van der Waals surface area contributed by atoms with Gasteiger partial charge in [0.05, 0.1) is 34.6 Å². The van der Waals surface area contributed by atoms with Crippen LogP contribution >= 0.6 is 0 Å². The number of fused-ring (bicyclic) bond motifs is 1. The molecule has 174 valence electrons. The first-order chi connectivity index (χ1) is 16.1. The molecule has 8 nitrogen and oxygen atoms in total. The number of anilines is 1. The highest BCUT2D eigenvalue weighted by atomic mass is 19.4. The van der Waals surface area contributed by atoms with Gasteiger partial charge in [0.25, 0.3) is 5.91 Å². The fraction of sp³-hybridized carbons (Fsp3) is 0.217. The van der Waals surface area contributed by atoms with Crippen molar-refractivity contribution >= 4 is 17.6 Å². The molecule has 0 aliphatic carbocycles. The average molecular weight is 468 g/mol. The lowest BCUT2D eigenvalue weighted by Gasteiger charge is -2.30. The monoisotopic (exact) mass is 468 g/mol. The molecular weight excluding hydrogens is 449 g/mol. The van der Waals surface area contributed by atoms with Crippen LogP contribution in [0.5, 0.6) is 0 Å². The largest absolute Gasteiger partial charge is 0.416 e. The molecule has 0 atom stereocenters. The Hall–Kier alpha value is -4.33. The summed E-state index contributed by atoms with van der Waals surface area (Å²) >= 11 is 0. The van der Waals surface area contributed by atoms with Crippen LogP contribution < -0.4 is 11.1 Å². The van der Waals surface area contributed by atoms with E-state index in [1.165, 1.54) is 17.0 Å². The predicted octanol–water partition coefficient (Wildman–Crippen LogP) is 3.90. The van der Waals surface area contributed by atoms with E-state index in [1.807, 2.05) is 6.92 Å². The van der Waals surface area contributed by atoms with E-state index in [9.17, 15) is 28.0 Å². The van der Waals surface area contributed by atoms with Crippen LogP contribution in [0, 0.1) is 18.3 Å². The Morgan fingerprint density at radius 2 is 1.85 bits per heavy atom. The minimum absolute atomic E-state index is 0.0152. The first kappa shape index (κ1) is 22.8. The zero-order valence-corrected chi connectivity index (χ0v) is 18.0. The maximum atomic E-state index is 12.8. The van der Waals surface area contributed by atoms with Crippen molar-refractivity contribution in [1.82, 2.24) is 14.5 Å². The number of nitrogens with zero attached hydrogens (tertiary/aromatic N) is 4. The van der Waals surface area contributed by atoms with Gasteiger partial charge in [-0.3, -0.25) is 9.78 Å². The van der Waals surface area contributed by atoms with Gasteiger partial charge in [-0.05, 0) is 43.3 Å². The lowest BCUT2D eigenvalue weighted by Crippen LogP contribution is -2.41. The van der Waals surface area contributed by atoms with Crippen LogP contribution in [0.1, 0.15) is 32.9 Å². The maximum Gasteiger partial charge on any atom is 0.416 e. The molecule has 11 heteroatoms. The summed E-state index contributed by atoms with van der Waals surface area (Å²) in [5, 5.41) is 12.4. The van der Waals surface area contributed by atoms with Crippen molar-refractivity contribution < 1.29 is 22.8 Å². The number of nitrogens with one attached hydrogen (secondary N) is 1. The second-order valence-electron chi connectivity index (χ2n) is 7.79. The fourth-order valence-corrected chi connectivity index (χ4v) is 3.96. The van der Waals surface area contributed by atoms with Crippen LogP contribution in [0.3, 0.4) is 0 Å². The summed E-state index contributed by atoms with van der Waals surface area (Å²) in [6.45, 7) is 2.33. The van der Waals surface area contributed by atoms with E-state index < -0.39 is 23.7 Å². The second-order valence-corrected chi connectivity index (χ2v) is 7.79. The predicted molar refractivity (Wildman–Crippen MR) is 117 cm³/mol. The Kier molecular flexibility index (Phi) is 5.75. The molecule has 4 rings (SSSR count). The fourth-order valence-electron chi connectivity index (χ4n) is 3.96. The van der Waals surface area contributed by atoms with Crippen molar-refractivity contribution in [3.8, 4) is 17.3 Å². The summed E-state index contributed by atoms with van der Waals surface area (Å²) in [6, 6.07) is 9.16. The molecular formula is C23H19F3N6O2. The molecule has 3 aromatic rings. The average Bonchev–Trinajstić information content (AvgIpc) is 3.13. The number of nitrogens with two attached hydrogens (primary N) is 1. The van der Waals surface area contributed by atoms with Gasteiger partial charge < -0.3 is 20.5 Å². The number of hydrogen-bond donors (Lipinski definition) is 2. The molecule has 0 fully saturated rings. The molecule has 0 saturated carbocycles. The van der Waals surface area contributed by atoms with Crippen molar-refractivity contribution in [2.45, 2.75) is 26.2 Å². The first-order valence-electron chi connectivity index (χ1n) is 10.2. The second kappa shape index (κ2) is 8.55. The van der Waals surface area contributed by atoms with Gasteiger partial charge in [-0.1, -0.05) is 0 Å². The molecule has 3 heterocycles. The van der Waals surface area contributed by atoms with E-state index in [0.717, 1.165) is 17.8 Å². The van der Waals surface area contributed by atoms with Gasteiger partial charge in [0.15, 0.2) is 0 Å². The number of primary amides is 1. The summed E-state index contributed by atoms with van der Waals surface area (Å²) in [6.07, 6.45) is -2.87. The number of aromatic nitrogens is 2. The number of aryl methyl sites for hydroxylation is 1. The topological polar surface area (TPSA) is 117 Å². The third-order valence-electron chi connectivity index (χ3n) is 5.60. The number of amides is 3. The van der Waals surface area contributed by atoms with Crippen LogP contribution in [-0.2, 0) is 19.3 Å². The van der Waals surface area contributed by atoms with Crippen LogP contribution in [0.15, 0.2) is 42.6 Å². The maximum absolute atomic E-state index is 12.8. The Bertz CT molecular complexity index is 1300. The van der Waals surface area contributed by atoms with Crippen LogP contribution in [-0.4, -0.2) is 32.9 Å². The highest BCUT2D eigenvalue weighted by Gasteiger charge is 2.33. The number of carbonyl (C=O) groups is 2. The minimum atomic E-state index is -4.48. The Morgan fingerprint density at radius 1 is 1.15 bits per heavy atom. The van der Waals surface area contributed by atoms with Crippen LogP contribution in [0.25, 0.3) is 11.3 Å². The van der Waals surface area contributed by atoms with Gasteiger partial charge in [0, 0.05) is 36.2 Å². The molecule has 3 N–H and O–H groups in total. The zero-order valence-electron chi connectivity index (χ0n) is 18.0. The van der Waals surface area contributed by atoms with Crippen molar-refractivity contribution in [2.24, 2.45) is 5.73 Å². The van der Waals surface area contributed by atoms with E-state index >= 15 is 0 Å². The molecule has 1 aliphatic rings. The smallest absolute Gasteiger partial charge is 0.366 e. The van der Waals surface area contributed by atoms with Gasteiger partial charge in [0.1, 0.15) is 6.07 Å². The molecule has 34 heavy (non-hydrogen) atoms. The summed E-state index contributed by atoms with van der Waals surface area (Å²) in [4.78, 5) is 30.7. The van der Waals surface area contributed by atoms with Crippen LogP contribution in [0.4, 0.5) is 23.7 Å². The number of benzene rings is 1. The van der Waals surface area contributed by atoms with Gasteiger partial charge in [0.2, 0.25) is 0 Å². The summed E-state index contributed by atoms with van der Waals surface area (Å²) in [5.74, 6) is -0.795. The normalized spacial score (nSPS) is 13.2. The summed E-state index contributed by atoms with van der Waals surface area (Å²) < 4.78 is 40.1. The summed E-state index contributed by atoms with van der Waals surface area (Å²) in [5.41, 5.74) is 7.44. The number of carbonyl (C=O) groups excluding carboxylic acids is 2. The lowest BCUT2D eigenvalue weighted by atomic mass is 10.1. The van der Waals surface area contributed by atoms with Gasteiger partial charge in [-0.25, -0.2) is 4.79 Å². The van der Waals surface area contributed by atoms with E-state index in [2.05, 4.69) is 16.4 Å². The molecule has 0 spiro atoms. The van der Waals surface area contributed by atoms with E-state index in [4.69, 9.17) is 5.73 Å². The molecule has 0 unspecified atom stereocenters. The molecule has 1 aromatic carbocycles. The number of urea groups is 1. The van der Waals surface area contributed by atoms with Gasteiger partial charge in [-0.2, -0.15) is 18.4 Å². The molecule has 0 bridgehead atoms. The molecule has 3 amide bonds. The molecule has 0 radical (unpaired) electrons. The Labute approximate surface area is 192 Å². The number of hydrogen-bond acceptors (Lipinski definition) is 4. The number of rotatable bonds is 3. The number of halogens is 3. The Balaban J connectivity index is 1.64. The first-order valence-corrected chi connectivity index (χ1v) is 10.2. The van der Waals surface area contributed by atoms with Gasteiger partial charge >= 0.3 is 12.2 Å². The van der Waals surface area contributed by atoms with E-state index in [-0.39, 0.29) is 36.4 Å². The quantitative estimate of drug-likeness (QED) is 0.606. The lowest BCUT2D eigenvalue weighted by molar-refractivity contribution is -0.137. The van der Waals surface area contributed by atoms with E-state index in [1.54, 1.807) is 22.9 Å². The summed E-state index contributed by atoms with van der Waals surface area (Å²) in [7, 11) is 0. The van der Waals surface area contributed by atoms with E-state index in [0.29, 0.717) is 17.0 Å². The van der Waals surface area contributed by atoms with Crippen molar-refractivity contribution in [3.05, 3.63) is 70.7 Å². The standard InChI is InChI=1S/C23H19F3N6O2/c1-13-2-3-14(11-29-13)20-17(10-27)19(21(28)33)18-12-31(8-9-32(18)20)22(34)30-16-6-4-15(5-7-16)23(24,25)26/h2-7,11H,8-9,12H2,1H3,(H2,28,33)(H,30,34). The molecule has 0 saturated heterocycles. The SMILES string of the molecule is Cc1ccc(-c2c(C#N)c(C(N)=O)c3n2CCN(C(=O)Nc2ccc(C(F)(F)F)cc2)C3)cn1.